The quantitative estimate of drug-likeness (QED) is 0.537. The topological polar surface area (TPSA) is 86.3 Å². The molecule has 1 heterocycles. The first-order valence-corrected chi connectivity index (χ1v) is 11.4. The molecular formula is C26H34N2O6. The smallest absolute Gasteiger partial charge is 0.253 e. The van der Waals surface area contributed by atoms with E-state index in [0.717, 1.165) is 17.5 Å². The second-order valence-electron chi connectivity index (χ2n) is 8.39. The molecule has 0 spiro atoms. The highest BCUT2D eigenvalue weighted by Gasteiger charge is 2.41. The highest BCUT2D eigenvalue weighted by atomic mass is 16.5. The van der Waals surface area contributed by atoms with Crippen molar-refractivity contribution in [1.82, 2.24) is 10.2 Å². The molecule has 2 atom stereocenters. The van der Waals surface area contributed by atoms with Crippen LogP contribution in [0.3, 0.4) is 0 Å². The standard InChI is InChI=1S/C26H34N2O6/c1-17-7-9-18(10-8-17)26(30)28-15-20(21(16-28)25(29)27-11-6-12-31-2)19-13-22(32-3)24(34-5)23(14-19)33-4/h7-10,13-14,20-21H,6,11-12,15-16H2,1-5H3,(H,27,29). The Balaban J connectivity index is 1.92. The Hall–Kier alpha value is -3.26. The van der Waals surface area contributed by atoms with E-state index in [1.807, 2.05) is 43.3 Å². The Morgan fingerprint density at radius 3 is 2.18 bits per heavy atom. The molecule has 0 aliphatic carbocycles. The van der Waals surface area contributed by atoms with Gasteiger partial charge in [-0.2, -0.15) is 0 Å². The first kappa shape index (κ1) is 25.4. The van der Waals surface area contributed by atoms with Gasteiger partial charge >= 0.3 is 0 Å². The van der Waals surface area contributed by atoms with E-state index >= 15 is 0 Å². The van der Waals surface area contributed by atoms with Crippen LogP contribution in [0.4, 0.5) is 0 Å². The van der Waals surface area contributed by atoms with Gasteiger partial charge in [0.25, 0.3) is 5.91 Å². The van der Waals surface area contributed by atoms with Crippen molar-refractivity contribution in [2.24, 2.45) is 5.92 Å². The molecule has 0 radical (unpaired) electrons. The van der Waals surface area contributed by atoms with Gasteiger partial charge in [0.05, 0.1) is 27.2 Å². The number of hydrogen-bond acceptors (Lipinski definition) is 6. The molecule has 8 heteroatoms. The summed E-state index contributed by atoms with van der Waals surface area (Å²) in [5.74, 6) is 0.685. The molecule has 1 saturated heterocycles. The van der Waals surface area contributed by atoms with E-state index in [9.17, 15) is 9.59 Å². The van der Waals surface area contributed by atoms with Gasteiger partial charge in [-0.15, -0.1) is 0 Å². The van der Waals surface area contributed by atoms with Crippen molar-refractivity contribution < 1.29 is 28.5 Å². The van der Waals surface area contributed by atoms with Gasteiger partial charge in [-0.1, -0.05) is 17.7 Å². The van der Waals surface area contributed by atoms with Crippen LogP contribution in [0.5, 0.6) is 17.2 Å². The van der Waals surface area contributed by atoms with Crippen LogP contribution in [-0.2, 0) is 9.53 Å². The highest BCUT2D eigenvalue weighted by Crippen LogP contribution is 2.43. The van der Waals surface area contributed by atoms with E-state index in [0.29, 0.717) is 49.1 Å². The summed E-state index contributed by atoms with van der Waals surface area (Å²) in [7, 11) is 6.30. The zero-order valence-corrected chi connectivity index (χ0v) is 20.6. The number of carbonyl (C=O) groups is 2. The summed E-state index contributed by atoms with van der Waals surface area (Å²) >= 11 is 0. The Kier molecular flexibility index (Phi) is 8.76. The molecule has 3 rings (SSSR count). The average Bonchev–Trinajstić information content (AvgIpc) is 3.31. The Bertz CT molecular complexity index is 966. The largest absolute Gasteiger partial charge is 0.493 e. The fourth-order valence-corrected chi connectivity index (χ4v) is 4.33. The highest BCUT2D eigenvalue weighted by molar-refractivity contribution is 5.95. The average molecular weight is 471 g/mol. The number of nitrogens with zero attached hydrogens (tertiary/aromatic N) is 1. The molecule has 0 bridgehead atoms. The number of rotatable bonds is 10. The molecule has 1 fully saturated rings. The minimum atomic E-state index is -0.417. The van der Waals surface area contributed by atoms with E-state index in [4.69, 9.17) is 18.9 Å². The number of amides is 2. The first-order chi connectivity index (χ1) is 16.4. The van der Waals surface area contributed by atoms with Gasteiger partial charge < -0.3 is 29.2 Å². The zero-order chi connectivity index (χ0) is 24.7. The van der Waals surface area contributed by atoms with Gasteiger partial charge in [0, 0.05) is 44.8 Å². The number of ether oxygens (including phenoxy) is 4. The fraction of sp³-hybridized carbons (Fsp3) is 0.462. The van der Waals surface area contributed by atoms with E-state index in [1.165, 1.54) is 0 Å². The minimum Gasteiger partial charge on any atom is -0.493 e. The van der Waals surface area contributed by atoms with Crippen molar-refractivity contribution >= 4 is 11.8 Å². The molecule has 1 N–H and O–H groups in total. The number of carbonyl (C=O) groups excluding carboxylic acids is 2. The van der Waals surface area contributed by atoms with Crippen molar-refractivity contribution in [2.75, 3.05) is 54.7 Å². The number of aryl methyl sites for hydroxylation is 1. The van der Waals surface area contributed by atoms with Crippen molar-refractivity contribution in [1.29, 1.82) is 0 Å². The van der Waals surface area contributed by atoms with Crippen molar-refractivity contribution in [3.8, 4) is 17.2 Å². The number of benzene rings is 2. The van der Waals surface area contributed by atoms with Crippen LogP contribution in [0.15, 0.2) is 36.4 Å². The first-order valence-electron chi connectivity index (χ1n) is 11.4. The maximum Gasteiger partial charge on any atom is 0.253 e. The summed E-state index contributed by atoms with van der Waals surface area (Å²) < 4.78 is 21.6. The summed E-state index contributed by atoms with van der Waals surface area (Å²) in [5.41, 5.74) is 2.54. The third kappa shape index (κ3) is 5.62. The lowest BCUT2D eigenvalue weighted by Crippen LogP contribution is -2.36. The molecule has 0 saturated carbocycles. The van der Waals surface area contributed by atoms with Crippen LogP contribution in [0.25, 0.3) is 0 Å². The monoisotopic (exact) mass is 470 g/mol. The lowest BCUT2D eigenvalue weighted by atomic mass is 9.88. The summed E-state index contributed by atoms with van der Waals surface area (Å²) in [6.07, 6.45) is 0.718. The van der Waals surface area contributed by atoms with Crippen LogP contribution < -0.4 is 19.5 Å². The zero-order valence-electron chi connectivity index (χ0n) is 20.6. The summed E-state index contributed by atoms with van der Waals surface area (Å²) in [6.45, 7) is 3.79. The lowest BCUT2D eigenvalue weighted by Gasteiger charge is -2.21. The molecule has 1 aliphatic rings. The molecular weight excluding hydrogens is 436 g/mol. The molecule has 2 amide bonds. The normalized spacial score (nSPS) is 17.4. The van der Waals surface area contributed by atoms with Gasteiger partial charge in [0.2, 0.25) is 11.7 Å². The van der Waals surface area contributed by atoms with Crippen molar-refractivity contribution in [3.05, 3.63) is 53.1 Å². The van der Waals surface area contributed by atoms with Gasteiger partial charge in [0.15, 0.2) is 11.5 Å². The minimum absolute atomic E-state index is 0.0888. The predicted octanol–water partition coefficient (Wildman–Crippen LogP) is 3.03. The third-order valence-corrected chi connectivity index (χ3v) is 6.18. The van der Waals surface area contributed by atoms with Crippen LogP contribution in [0.2, 0.25) is 0 Å². The molecule has 2 unspecified atom stereocenters. The van der Waals surface area contributed by atoms with E-state index in [1.54, 1.807) is 33.3 Å². The number of likely N-dealkylation sites (tertiary alicyclic amines) is 1. The van der Waals surface area contributed by atoms with E-state index in [-0.39, 0.29) is 17.7 Å². The van der Waals surface area contributed by atoms with Crippen LogP contribution in [-0.4, -0.2) is 71.4 Å². The summed E-state index contributed by atoms with van der Waals surface area (Å²) in [4.78, 5) is 28.2. The Morgan fingerprint density at radius 2 is 1.62 bits per heavy atom. The van der Waals surface area contributed by atoms with Gasteiger partial charge in [-0.3, -0.25) is 9.59 Å². The molecule has 2 aromatic carbocycles. The Labute approximate surface area is 201 Å². The molecule has 2 aromatic rings. The number of nitrogens with one attached hydrogen (secondary N) is 1. The SMILES string of the molecule is COCCCNC(=O)C1CN(C(=O)c2ccc(C)cc2)CC1c1cc(OC)c(OC)c(OC)c1. The Morgan fingerprint density at radius 1 is 0.971 bits per heavy atom. The molecule has 0 aromatic heterocycles. The predicted molar refractivity (Wildman–Crippen MR) is 129 cm³/mol. The van der Waals surface area contributed by atoms with E-state index in [2.05, 4.69) is 5.32 Å². The molecule has 8 nitrogen and oxygen atoms in total. The van der Waals surface area contributed by atoms with Crippen LogP contribution in [0, 0.1) is 12.8 Å². The van der Waals surface area contributed by atoms with Crippen LogP contribution in [0.1, 0.15) is 33.8 Å². The summed E-state index contributed by atoms with van der Waals surface area (Å²) in [5, 5.41) is 3.00. The van der Waals surface area contributed by atoms with Gasteiger partial charge in [-0.05, 0) is 43.2 Å². The fourth-order valence-electron chi connectivity index (χ4n) is 4.33. The third-order valence-electron chi connectivity index (χ3n) is 6.18. The van der Waals surface area contributed by atoms with Gasteiger partial charge in [-0.25, -0.2) is 0 Å². The second-order valence-corrected chi connectivity index (χ2v) is 8.39. The van der Waals surface area contributed by atoms with Crippen LogP contribution >= 0.6 is 0 Å². The van der Waals surface area contributed by atoms with E-state index < -0.39 is 5.92 Å². The molecule has 184 valence electrons. The molecule has 1 aliphatic heterocycles. The molecule has 34 heavy (non-hydrogen) atoms. The van der Waals surface area contributed by atoms with Gasteiger partial charge in [0.1, 0.15) is 0 Å². The maximum absolute atomic E-state index is 13.3. The number of hydrogen-bond donors (Lipinski definition) is 1. The second kappa shape index (κ2) is 11.7. The number of methoxy groups -OCH3 is 4. The van der Waals surface area contributed by atoms with Crippen molar-refractivity contribution in [3.63, 3.8) is 0 Å². The summed E-state index contributed by atoms with van der Waals surface area (Å²) in [6, 6.07) is 11.2. The maximum atomic E-state index is 13.3. The lowest BCUT2D eigenvalue weighted by molar-refractivity contribution is -0.125. The van der Waals surface area contributed by atoms with Crippen molar-refractivity contribution in [2.45, 2.75) is 19.3 Å².